The lowest BCUT2D eigenvalue weighted by atomic mass is 10.0. The molecule has 0 aromatic rings. The molecule has 1 atom stereocenters. The average Bonchev–Trinajstić information content (AvgIpc) is 2.16. The minimum Gasteiger partial charge on any atom is -0.492 e. The Labute approximate surface area is 73.3 Å². The van der Waals surface area contributed by atoms with E-state index in [2.05, 4.69) is 11.9 Å². The molecule has 3 heteroatoms. The van der Waals surface area contributed by atoms with E-state index in [0.29, 0.717) is 18.3 Å². The minimum atomic E-state index is 0.459. The van der Waals surface area contributed by atoms with Gasteiger partial charge in [0.1, 0.15) is 5.76 Å². The highest BCUT2D eigenvalue weighted by Gasteiger charge is 2.12. The molecule has 0 saturated carbocycles. The van der Waals surface area contributed by atoms with Crippen molar-refractivity contribution in [3.8, 4) is 0 Å². The summed E-state index contributed by atoms with van der Waals surface area (Å²) in [7, 11) is 0. The van der Waals surface area contributed by atoms with Gasteiger partial charge in [0.2, 0.25) is 0 Å². The highest BCUT2D eigenvalue weighted by molar-refractivity contribution is 5.71. The Morgan fingerprint density at radius 3 is 3.17 bits per heavy atom. The molecule has 2 N–H and O–H groups in total. The normalized spacial score (nSPS) is 23.2. The molecule has 68 valence electrons. The van der Waals surface area contributed by atoms with Gasteiger partial charge in [-0.1, -0.05) is 6.58 Å². The molecule has 0 aromatic heterocycles. The first-order chi connectivity index (χ1) is 5.83. The minimum absolute atomic E-state index is 0.459. The molecule has 12 heavy (non-hydrogen) atoms. The maximum Gasteiger partial charge on any atom is 0.129 e. The van der Waals surface area contributed by atoms with Gasteiger partial charge in [0.15, 0.2) is 0 Å². The van der Waals surface area contributed by atoms with Crippen LogP contribution in [0.3, 0.4) is 0 Å². The third-order valence-electron chi connectivity index (χ3n) is 2.06. The van der Waals surface area contributed by atoms with Crippen LogP contribution in [0.15, 0.2) is 12.3 Å². The van der Waals surface area contributed by atoms with Gasteiger partial charge in [0, 0.05) is 12.5 Å². The molecule has 0 bridgehead atoms. The summed E-state index contributed by atoms with van der Waals surface area (Å²) in [6.07, 6.45) is 3.60. The van der Waals surface area contributed by atoms with Crippen molar-refractivity contribution in [3.63, 3.8) is 0 Å². The zero-order chi connectivity index (χ0) is 8.81. The van der Waals surface area contributed by atoms with Crippen LogP contribution in [0.1, 0.15) is 12.8 Å². The number of hydrogen-bond acceptors (Lipinski definition) is 3. The predicted molar refractivity (Wildman–Crippen MR) is 49.5 cm³/mol. The number of ether oxygens (including phenoxy) is 1. The molecule has 1 unspecified atom stereocenters. The van der Waals surface area contributed by atoms with Crippen molar-refractivity contribution < 1.29 is 4.74 Å². The van der Waals surface area contributed by atoms with Crippen LogP contribution >= 0.6 is 0 Å². The van der Waals surface area contributed by atoms with Crippen molar-refractivity contribution in [1.82, 2.24) is 5.32 Å². The first-order valence-corrected chi connectivity index (χ1v) is 4.36. The van der Waals surface area contributed by atoms with Gasteiger partial charge in [-0.15, -0.1) is 0 Å². The summed E-state index contributed by atoms with van der Waals surface area (Å²) >= 11 is 0. The van der Waals surface area contributed by atoms with Crippen LogP contribution < -0.4 is 5.32 Å². The maximum absolute atomic E-state index is 6.86. The lowest BCUT2D eigenvalue weighted by Gasteiger charge is -2.22. The van der Waals surface area contributed by atoms with E-state index in [9.17, 15) is 0 Å². The molecule has 1 rings (SSSR count). The summed E-state index contributed by atoms with van der Waals surface area (Å²) in [4.78, 5) is 0. The van der Waals surface area contributed by atoms with Gasteiger partial charge in [-0.05, 0) is 19.4 Å². The second-order valence-corrected chi connectivity index (χ2v) is 3.13. The standard InChI is InChI=1S/C9H16N2O/c1-8(5-10)12-7-9-3-2-4-11-6-9/h5,9-11H,1-4,6-7H2. The number of nitrogens with one attached hydrogen (secondary N) is 2. The van der Waals surface area contributed by atoms with E-state index in [1.165, 1.54) is 12.8 Å². The monoisotopic (exact) mass is 168 g/mol. The number of hydrogen-bond donors (Lipinski definition) is 2. The van der Waals surface area contributed by atoms with Crippen LogP contribution in [0.4, 0.5) is 0 Å². The van der Waals surface area contributed by atoms with Crippen molar-refractivity contribution in [2.24, 2.45) is 5.92 Å². The molecular formula is C9H16N2O. The van der Waals surface area contributed by atoms with Gasteiger partial charge in [0.05, 0.1) is 12.8 Å². The number of allylic oxidation sites excluding steroid dienone is 1. The van der Waals surface area contributed by atoms with Gasteiger partial charge < -0.3 is 15.5 Å². The summed E-state index contributed by atoms with van der Waals surface area (Å²) in [6.45, 7) is 6.43. The molecule has 1 fully saturated rings. The van der Waals surface area contributed by atoms with Crippen molar-refractivity contribution in [3.05, 3.63) is 12.3 Å². The van der Waals surface area contributed by atoms with Crippen molar-refractivity contribution in [2.45, 2.75) is 12.8 Å². The third kappa shape index (κ3) is 3.05. The fourth-order valence-corrected chi connectivity index (χ4v) is 1.33. The van der Waals surface area contributed by atoms with Gasteiger partial charge in [-0.2, -0.15) is 0 Å². The summed E-state index contributed by atoms with van der Waals surface area (Å²) < 4.78 is 5.25. The van der Waals surface area contributed by atoms with Gasteiger partial charge in [-0.25, -0.2) is 0 Å². The molecule has 0 aromatic carbocycles. The zero-order valence-electron chi connectivity index (χ0n) is 7.31. The Balaban J connectivity index is 2.12. The second-order valence-electron chi connectivity index (χ2n) is 3.13. The van der Waals surface area contributed by atoms with E-state index < -0.39 is 0 Å². The van der Waals surface area contributed by atoms with Crippen molar-refractivity contribution >= 4 is 6.21 Å². The Kier molecular flexibility index (Phi) is 3.80. The van der Waals surface area contributed by atoms with Crippen LogP contribution in [0.5, 0.6) is 0 Å². The zero-order valence-corrected chi connectivity index (χ0v) is 7.31. The van der Waals surface area contributed by atoms with Gasteiger partial charge in [0.25, 0.3) is 0 Å². The fourth-order valence-electron chi connectivity index (χ4n) is 1.33. The second kappa shape index (κ2) is 4.93. The summed E-state index contributed by atoms with van der Waals surface area (Å²) in [6, 6.07) is 0. The quantitative estimate of drug-likeness (QED) is 0.489. The molecule has 1 heterocycles. The first kappa shape index (κ1) is 9.26. The van der Waals surface area contributed by atoms with Crippen LogP contribution in [-0.2, 0) is 4.74 Å². The lowest BCUT2D eigenvalue weighted by molar-refractivity contribution is 0.163. The molecule has 1 aliphatic rings. The maximum atomic E-state index is 6.86. The Morgan fingerprint density at radius 2 is 2.58 bits per heavy atom. The van der Waals surface area contributed by atoms with Crippen LogP contribution in [0.2, 0.25) is 0 Å². The highest BCUT2D eigenvalue weighted by atomic mass is 16.5. The number of rotatable bonds is 4. The lowest BCUT2D eigenvalue weighted by Crippen LogP contribution is -2.32. The molecular weight excluding hydrogens is 152 g/mol. The van der Waals surface area contributed by atoms with E-state index in [-0.39, 0.29) is 0 Å². The van der Waals surface area contributed by atoms with E-state index in [4.69, 9.17) is 10.1 Å². The first-order valence-electron chi connectivity index (χ1n) is 4.36. The fraction of sp³-hybridized carbons (Fsp3) is 0.667. The SMILES string of the molecule is C=C(C=N)OCC1CCCNC1. The smallest absolute Gasteiger partial charge is 0.129 e. The number of piperidine rings is 1. The van der Waals surface area contributed by atoms with E-state index >= 15 is 0 Å². The summed E-state index contributed by atoms with van der Waals surface area (Å²) in [5.74, 6) is 1.05. The Bertz CT molecular complexity index is 162. The Morgan fingerprint density at radius 1 is 1.75 bits per heavy atom. The largest absolute Gasteiger partial charge is 0.492 e. The summed E-state index contributed by atoms with van der Waals surface area (Å²) in [5.41, 5.74) is 0. The molecule has 3 nitrogen and oxygen atoms in total. The Hall–Kier alpha value is -0.830. The molecule has 0 aliphatic carbocycles. The topological polar surface area (TPSA) is 45.1 Å². The van der Waals surface area contributed by atoms with Crippen molar-refractivity contribution in [2.75, 3.05) is 19.7 Å². The van der Waals surface area contributed by atoms with Crippen LogP contribution in [0.25, 0.3) is 0 Å². The van der Waals surface area contributed by atoms with E-state index in [1.807, 2.05) is 0 Å². The van der Waals surface area contributed by atoms with Crippen molar-refractivity contribution in [1.29, 1.82) is 5.41 Å². The average molecular weight is 168 g/mol. The highest BCUT2D eigenvalue weighted by Crippen LogP contribution is 2.10. The van der Waals surface area contributed by atoms with Crippen LogP contribution in [0, 0.1) is 11.3 Å². The van der Waals surface area contributed by atoms with Gasteiger partial charge >= 0.3 is 0 Å². The van der Waals surface area contributed by atoms with E-state index in [1.54, 1.807) is 0 Å². The van der Waals surface area contributed by atoms with Gasteiger partial charge in [-0.3, -0.25) is 0 Å². The molecule has 0 radical (unpaired) electrons. The molecule has 1 aliphatic heterocycles. The van der Waals surface area contributed by atoms with E-state index in [0.717, 1.165) is 19.3 Å². The van der Waals surface area contributed by atoms with Crippen LogP contribution in [-0.4, -0.2) is 25.9 Å². The third-order valence-corrected chi connectivity index (χ3v) is 2.06. The molecule has 0 spiro atoms. The molecule has 1 saturated heterocycles. The molecule has 0 amide bonds. The summed E-state index contributed by atoms with van der Waals surface area (Å²) in [5, 5.41) is 10.2. The predicted octanol–water partition coefficient (Wildman–Crippen LogP) is 1.17.